The van der Waals surface area contributed by atoms with E-state index >= 15 is 0 Å². The maximum absolute atomic E-state index is 12.9. The summed E-state index contributed by atoms with van der Waals surface area (Å²) in [5.41, 5.74) is 1.65. The van der Waals surface area contributed by atoms with Crippen molar-refractivity contribution in [3.63, 3.8) is 0 Å². The molecule has 4 heteroatoms. The molecule has 0 aliphatic rings. The van der Waals surface area contributed by atoms with E-state index in [1.165, 1.54) is 12.1 Å². The molecule has 0 saturated carbocycles. The highest BCUT2D eigenvalue weighted by Gasteiger charge is 2.17. The Kier molecular flexibility index (Phi) is 4.93. The molecule has 0 unspecified atom stereocenters. The minimum atomic E-state index is -0.274. The number of benzene rings is 2. The molecule has 3 nitrogen and oxygen atoms in total. The summed E-state index contributed by atoms with van der Waals surface area (Å²) in [4.78, 5) is 14.1. The Morgan fingerprint density at radius 3 is 2.29 bits per heavy atom. The lowest BCUT2D eigenvalue weighted by atomic mass is 10.2. The fraction of sp³-hybridized carbons (Fsp3) is 0.235. The van der Waals surface area contributed by atoms with E-state index in [1.54, 1.807) is 17.0 Å². The zero-order valence-corrected chi connectivity index (χ0v) is 12.2. The van der Waals surface area contributed by atoms with Crippen molar-refractivity contribution < 1.29 is 9.18 Å². The fourth-order valence-electron chi connectivity index (χ4n) is 1.99. The van der Waals surface area contributed by atoms with Crippen molar-refractivity contribution in [3.8, 4) is 0 Å². The number of carbonyl (C=O) groups excluding carboxylic acids is 1. The summed E-state index contributed by atoms with van der Waals surface area (Å²) >= 11 is 0. The van der Waals surface area contributed by atoms with E-state index in [0.29, 0.717) is 6.54 Å². The second-order valence-electron chi connectivity index (χ2n) is 5.14. The Hall–Kier alpha value is -2.36. The summed E-state index contributed by atoms with van der Waals surface area (Å²) in [5, 5.41) is 2.87. The molecule has 0 bridgehead atoms. The average molecular weight is 286 g/mol. The van der Waals surface area contributed by atoms with Crippen molar-refractivity contribution >= 4 is 11.7 Å². The lowest BCUT2D eigenvalue weighted by Crippen LogP contribution is -2.39. The lowest BCUT2D eigenvalue weighted by Gasteiger charge is -2.27. The van der Waals surface area contributed by atoms with Gasteiger partial charge in [0.05, 0.1) is 0 Å². The topological polar surface area (TPSA) is 32.3 Å². The van der Waals surface area contributed by atoms with Crippen LogP contribution < -0.4 is 5.32 Å². The molecule has 0 spiro atoms. The predicted molar refractivity (Wildman–Crippen MR) is 82.5 cm³/mol. The molecule has 0 aliphatic heterocycles. The molecule has 2 aromatic carbocycles. The van der Waals surface area contributed by atoms with Gasteiger partial charge in [0, 0.05) is 18.3 Å². The Morgan fingerprint density at radius 1 is 1.10 bits per heavy atom. The molecule has 0 saturated heterocycles. The summed E-state index contributed by atoms with van der Waals surface area (Å²) in [6.07, 6.45) is 0. The summed E-state index contributed by atoms with van der Waals surface area (Å²) < 4.78 is 12.9. The van der Waals surface area contributed by atoms with Gasteiger partial charge < -0.3 is 10.2 Å². The molecule has 0 radical (unpaired) electrons. The molecule has 2 rings (SSSR count). The summed E-state index contributed by atoms with van der Waals surface area (Å²) in [6, 6.07) is 15.4. The number of hydrogen-bond acceptors (Lipinski definition) is 1. The number of amides is 2. The van der Waals surface area contributed by atoms with Gasteiger partial charge in [0.2, 0.25) is 0 Å². The molecule has 1 N–H and O–H groups in total. The van der Waals surface area contributed by atoms with Crippen LogP contribution in [0.5, 0.6) is 0 Å². The third kappa shape index (κ3) is 4.31. The molecule has 0 aromatic heterocycles. The lowest BCUT2D eigenvalue weighted by molar-refractivity contribution is 0.193. The van der Waals surface area contributed by atoms with Crippen LogP contribution in [0, 0.1) is 5.82 Å². The minimum absolute atomic E-state index is 0.0405. The van der Waals surface area contributed by atoms with Crippen molar-refractivity contribution in [2.75, 3.05) is 5.32 Å². The molecule has 110 valence electrons. The zero-order chi connectivity index (χ0) is 15.2. The molecular formula is C17H19FN2O. The fourth-order valence-corrected chi connectivity index (χ4v) is 1.99. The number of hydrogen-bond donors (Lipinski definition) is 1. The largest absolute Gasteiger partial charge is 0.322 e. The maximum Gasteiger partial charge on any atom is 0.322 e. The van der Waals surface area contributed by atoms with Gasteiger partial charge in [-0.05, 0) is 43.7 Å². The van der Waals surface area contributed by atoms with Gasteiger partial charge in [-0.2, -0.15) is 0 Å². The number of anilines is 1. The SMILES string of the molecule is CC(C)N(Cc1ccc(F)cc1)C(=O)Nc1ccccc1. The van der Waals surface area contributed by atoms with Crippen LogP contribution in [0.4, 0.5) is 14.9 Å². The second kappa shape index (κ2) is 6.88. The Labute approximate surface area is 124 Å². The van der Waals surface area contributed by atoms with Crippen molar-refractivity contribution in [1.29, 1.82) is 0 Å². The smallest absolute Gasteiger partial charge is 0.318 e. The molecule has 21 heavy (non-hydrogen) atoms. The number of halogens is 1. The first-order valence-electron chi connectivity index (χ1n) is 6.93. The van der Waals surface area contributed by atoms with E-state index in [2.05, 4.69) is 5.32 Å². The van der Waals surface area contributed by atoms with E-state index in [-0.39, 0.29) is 17.9 Å². The molecule has 0 heterocycles. The van der Waals surface area contributed by atoms with E-state index in [1.807, 2.05) is 44.2 Å². The van der Waals surface area contributed by atoms with Crippen LogP contribution in [-0.4, -0.2) is 17.0 Å². The monoisotopic (exact) mass is 286 g/mol. The van der Waals surface area contributed by atoms with Crippen molar-refractivity contribution in [2.24, 2.45) is 0 Å². The van der Waals surface area contributed by atoms with Gasteiger partial charge in [0.25, 0.3) is 0 Å². The van der Waals surface area contributed by atoms with Gasteiger partial charge in [-0.15, -0.1) is 0 Å². The predicted octanol–water partition coefficient (Wildman–Crippen LogP) is 4.27. The van der Waals surface area contributed by atoms with E-state index < -0.39 is 0 Å². The Morgan fingerprint density at radius 2 is 1.71 bits per heavy atom. The minimum Gasteiger partial charge on any atom is -0.318 e. The standard InChI is InChI=1S/C17H19FN2O/c1-13(2)20(12-14-8-10-15(18)11-9-14)17(21)19-16-6-4-3-5-7-16/h3-11,13H,12H2,1-2H3,(H,19,21). The molecule has 0 atom stereocenters. The normalized spacial score (nSPS) is 10.5. The molecule has 0 fully saturated rings. The van der Waals surface area contributed by atoms with Gasteiger partial charge in [-0.1, -0.05) is 30.3 Å². The first kappa shape index (κ1) is 15.0. The van der Waals surface area contributed by atoms with Gasteiger partial charge in [-0.25, -0.2) is 9.18 Å². The number of nitrogens with one attached hydrogen (secondary N) is 1. The highest BCUT2D eigenvalue weighted by atomic mass is 19.1. The van der Waals surface area contributed by atoms with Gasteiger partial charge in [-0.3, -0.25) is 0 Å². The summed E-state index contributed by atoms with van der Waals surface area (Å²) in [5.74, 6) is -0.274. The van der Waals surface area contributed by atoms with E-state index in [9.17, 15) is 9.18 Å². The second-order valence-corrected chi connectivity index (χ2v) is 5.14. The number of para-hydroxylation sites is 1. The van der Waals surface area contributed by atoms with Crippen molar-refractivity contribution in [3.05, 3.63) is 66.0 Å². The maximum atomic E-state index is 12.9. The highest BCUT2D eigenvalue weighted by molar-refractivity contribution is 5.89. The number of carbonyl (C=O) groups is 1. The number of nitrogens with zero attached hydrogens (tertiary/aromatic N) is 1. The molecule has 2 amide bonds. The molecule has 0 aliphatic carbocycles. The average Bonchev–Trinajstić information content (AvgIpc) is 2.47. The number of urea groups is 1. The van der Waals surface area contributed by atoms with Crippen LogP contribution in [-0.2, 0) is 6.54 Å². The van der Waals surface area contributed by atoms with Crippen LogP contribution in [0.3, 0.4) is 0 Å². The third-order valence-electron chi connectivity index (χ3n) is 3.18. The van der Waals surface area contributed by atoms with Crippen LogP contribution in [0.15, 0.2) is 54.6 Å². The van der Waals surface area contributed by atoms with Gasteiger partial charge >= 0.3 is 6.03 Å². The van der Waals surface area contributed by atoms with Gasteiger partial charge in [0.15, 0.2) is 0 Å². The first-order chi connectivity index (χ1) is 10.1. The van der Waals surface area contributed by atoms with Gasteiger partial charge in [0.1, 0.15) is 5.82 Å². The summed E-state index contributed by atoms with van der Waals surface area (Å²) in [6.45, 7) is 4.35. The van der Waals surface area contributed by atoms with Crippen LogP contribution >= 0.6 is 0 Å². The molecule has 2 aromatic rings. The van der Waals surface area contributed by atoms with Crippen LogP contribution in [0.2, 0.25) is 0 Å². The van der Waals surface area contributed by atoms with E-state index in [0.717, 1.165) is 11.3 Å². The zero-order valence-electron chi connectivity index (χ0n) is 12.2. The van der Waals surface area contributed by atoms with Crippen molar-refractivity contribution in [1.82, 2.24) is 4.90 Å². The highest BCUT2D eigenvalue weighted by Crippen LogP contribution is 2.13. The molecular weight excluding hydrogens is 267 g/mol. The van der Waals surface area contributed by atoms with Crippen LogP contribution in [0.1, 0.15) is 19.4 Å². The third-order valence-corrected chi connectivity index (χ3v) is 3.18. The number of rotatable bonds is 4. The summed E-state index contributed by atoms with van der Waals surface area (Å²) in [7, 11) is 0. The Balaban J connectivity index is 2.07. The quantitative estimate of drug-likeness (QED) is 0.894. The Bertz CT molecular complexity index is 581. The van der Waals surface area contributed by atoms with Crippen LogP contribution in [0.25, 0.3) is 0 Å². The van der Waals surface area contributed by atoms with E-state index in [4.69, 9.17) is 0 Å². The first-order valence-corrected chi connectivity index (χ1v) is 6.93. The van der Waals surface area contributed by atoms with Crippen molar-refractivity contribution in [2.45, 2.75) is 26.4 Å².